The summed E-state index contributed by atoms with van der Waals surface area (Å²) in [5, 5.41) is 19.3. The van der Waals surface area contributed by atoms with Crippen LogP contribution in [0.1, 0.15) is 6.42 Å². The van der Waals surface area contributed by atoms with E-state index in [4.69, 9.17) is 10.4 Å². The van der Waals surface area contributed by atoms with Crippen LogP contribution < -0.4 is 5.32 Å². The lowest BCUT2D eigenvalue weighted by Gasteiger charge is -2.09. The molecule has 0 spiro atoms. The summed E-state index contributed by atoms with van der Waals surface area (Å²) in [5.41, 5.74) is -0.407. The van der Waals surface area contributed by atoms with Crippen LogP contribution in [0, 0.1) is 11.3 Å². The molecule has 5 heteroatoms. The van der Waals surface area contributed by atoms with Crippen LogP contribution in [0.5, 0.6) is 0 Å². The van der Waals surface area contributed by atoms with Crippen LogP contribution in [0.25, 0.3) is 0 Å². The van der Waals surface area contributed by atoms with Gasteiger partial charge >= 0.3 is 5.97 Å². The Morgan fingerprint density at radius 2 is 2.38 bits per heavy atom. The van der Waals surface area contributed by atoms with Crippen LogP contribution in [0.3, 0.4) is 0 Å². The van der Waals surface area contributed by atoms with Gasteiger partial charge in [0.05, 0.1) is 5.70 Å². The molecular weight excluding hydrogens is 172 g/mol. The molecule has 0 fully saturated rings. The van der Waals surface area contributed by atoms with E-state index < -0.39 is 11.5 Å². The third kappa shape index (κ3) is 1.93. The molecule has 1 aliphatic rings. The fourth-order valence-electron chi connectivity index (χ4n) is 0.896. The van der Waals surface area contributed by atoms with Crippen LogP contribution in [-0.2, 0) is 9.59 Å². The molecular formula is C8H6N2O3. The maximum atomic E-state index is 10.8. The minimum absolute atomic E-state index is 0.0475. The number of carbonyl (C=O) groups excluding carboxylic acids is 1. The molecule has 1 amide bonds. The van der Waals surface area contributed by atoms with Gasteiger partial charge < -0.3 is 10.4 Å². The van der Waals surface area contributed by atoms with E-state index in [0.717, 1.165) is 0 Å². The van der Waals surface area contributed by atoms with Gasteiger partial charge in [-0.25, -0.2) is 4.79 Å². The third-order valence-electron chi connectivity index (χ3n) is 1.46. The van der Waals surface area contributed by atoms with E-state index >= 15 is 0 Å². The molecule has 0 saturated heterocycles. The van der Waals surface area contributed by atoms with E-state index in [2.05, 4.69) is 5.32 Å². The van der Waals surface area contributed by atoms with Crippen molar-refractivity contribution in [1.82, 2.24) is 5.32 Å². The average Bonchev–Trinajstić information content (AvgIpc) is 2.04. The summed E-state index contributed by atoms with van der Waals surface area (Å²) >= 11 is 0. The summed E-state index contributed by atoms with van der Waals surface area (Å²) in [6, 6.07) is 1.51. The Balaban J connectivity index is 3.09. The van der Waals surface area contributed by atoms with Crippen molar-refractivity contribution in [1.29, 1.82) is 5.26 Å². The highest BCUT2D eigenvalue weighted by Gasteiger charge is 2.16. The van der Waals surface area contributed by atoms with Crippen LogP contribution in [-0.4, -0.2) is 17.0 Å². The fraction of sp³-hybridized carbons (Fsp3) is 0.125. The van der Waals surface area contributed by atoms with Gasteiger partial charge in [0.1, 0.15) is 6.07 Å². The smallest absolute Gasteiger partial charge is 0.348 e. The molecule has 0 saturated carbocycles. The second-order valence-corrected chi connectivity index (χ2v) is 2.36. The molecule has 1 rings (SSSR count). The van der Waals surface area contributed by atoms with E-state index in [9.17, 15) is 9.59 Å². The standard InChI is InChI=1S/C8H6N2O3/c9-4-5(8(12)13)6-2-1-3-7(11)10-6/h1-2H,3H2,(H,10,11)(H,12,13)/b6-5-. The second-order valence-electron chi connectivity index (χ2n) is 2.36. The number of hydrogen-bond acceptors (Lipinski definition) is 3. The maximum Gasteiger partial charge on any atom is 0.348 e. The number of nitriles is 1. The van der Waals surface area contributed by atoms with Crippen molar-refractivity contribution in [3.05, 3.63) is 23.4 Å². The van der Waals surface area contributed by atoms with Crippen molar-refractivity contribution in [2.45, 2.75) is 6.42 Å². The molecule has 0 radical (unpaired) electrons. The lowest BCUT2D eigenvalue weighted by molar-refractivity contribution is -0.132. The number of carbonyl (C=O) groups is 2. The zero-order valence-electron chi connectivity index (χ0n) is 6.57. The summed E-state index contributed by atoms with van der Waals surface area (Å²) in [4.78, 5) is 21.3. The van der Waals surface area contributed by atoms with Gasteiger partial charge in [-0.3, -0.25) is 4.79 Å². The third-order valence-corrected chi connectivity index (χ3v) is 1.46. The first-order valence-corrected chi connectivity index (χ1v) is 3.49. The van der Waals surface area contributed by atoms with E-state index in [1.54, 1.807) is 0 Å². The molecule has 0 aromatic rings. The Kier molecular flexibility index (Phi) is 2.45. The van der Waals surface area contributed by atoms with Crippen molar-refractivity contribution < 1.29 is 14.7 Å². The van der Waals surface area contributed by atoms with Crippen molar-refractivity contribution in [3.8, 4) is 6.07 Å². The van der Waals surface area contributed by atoms with Crippen molar-refractivity contribution in [3.63, 3.8) is 0 Å². The van der Waals surface area contributed by atoms with Gasteiger partial charge in [0.15, 0.2) is 5.57 Å². The topological polar surface area (TPSA) is 90.2 Å². The summed E-state index contributed by atoms with van der Waals surface area (Å²) in [6.07, 6.45) is 3.13. The first-order chi connectivity index (χ1) is 6.15. The Labute approximate surface area is 74.0 Å². The Morgan fingerprint density at radius 1 is 1.69 bits per heavy atom. The minimum Gasteiger partial charge on any atom is -0.477 e. The molecule has 1 aliphatic heterocycles. The number of allylic oxidation sites excluding steroid dienone is 1. The highest BCUT2D eigenvalue weighted by atomic mass is 16.4. The first-order valence-electron chi connectivity index (χ1n) is 3.49. The molecule has 1 heterocycles. The molecule has 0 atom stereocenters. The van der Waals surface area contributed by atoms with E-state index in [0.29, 0.717) is 0 Å². The van der Waals surface area contributed by atoms with Gasteiger partial charge in [0.25, 0.3) is 0 Å². The van der Waals surface area contributed by atoms with Crippen LogP contribution in [0.4, 0.5) is 0 Å². The lowest BCUT2D eigenvalue weighted by Crippen LogP contribution is -2.26. The molecule has 66 valence electrons. The number of carboxylic acids is 1. The van der Waals surface area contributed by atoms with Crippen molar-refractivity contribution in [2.24, 2.45) is 0 Å². The molecule has 0 aromatic heterocycles. The number of hydrogen-bond donors (Lipinski definition) is 2. The fourth-order valence-corrected chi connectivity index (χ4v) is 0.896. The number of aliphatic carboxylic acids is 1. The zero-order chi connectivity index (χ0) is 9.84. The normalized spacial score (nSPS) is 18.8. The summed E-state index contributed by atoms with van der Waals surface area (Å²) < 4.78 is 0. The monoisotopic (exact) mass is 178 g/mol. The van der Waals surface area contributed by atoms with Crippen LogP contribution >= 0.6 is 0 Å². The molecule has 0 unspecified atom stereocenters. The SMILES string of the molecule is N#C/C(C(=O)O)=C1\C=CCC(=O)N1. The summed E-state index contributed by atoms with van der Waals surface area (Å²) in [6.45, 7) is 0. The van der Waals surface area contributed by atoms with Crippen molar-refractivity contribution >= 4 is 11.9 Å². The van der Waals surface area contributed by atoms with E-state index in [-0.39, 0.29) is 18.0 Å². The minimum atomic E-state index is -1.34. The lowest BCUT2D eigenvalue weighted by atomic mass is 10.1. The van der Waals surface area contributed by atoms with Gasteiger partial charge in [-0.05, 0) is 6.08 Å². The van der Waals surface area contributed by atoms with Gasteiger partial charge in [-0.15, -0.1) is 0 Å². The van der Waals surface area contributed by atoms with Crippen molar-refractivity contribution in [2.75, 3.05) is 0 Å². The number of carboxylic acid groups (broad SMARTS) is 1. The van der Waals surface area contributed by atoms with Gasteiger partial charge in [-0.1, -0.05) is 6.08 Å². The molecule has 0 aromatic carbocycles. The summed E-state index contributed by atoms with van der Waals surface area (Å²) in [7, 11) is 0. The molecule has 0 bridgehead atoms. The van der Waals surface area contributed by atoms with Gasteiger partial charge in [0, 0.05) is 6.42 Å². The molecule has 13 heavy (non-hydrogen) atoms. The maximum absolute atomic E-state index is 10.8. The van der Waals surface area contributed by atoms with E-state index in [1.165, 1.54) is 18.2 Å². The molecule has 5 nitrogen and oxygen atoms in total. The highest BCUT2D eigenvalue weighted by molar-refractivity contribution is 5.94. The number of amides is 1. The summed E-state index contributed by atoms with van der Waals surface area (Å²) in [5.74, 6) is -1.66. The molecule has 2 N–H and O–H groups in total. The number of nitrogens with zero attached hydrogens (tertiary/aromatic N) is 1. The van der Waals surface area contributed by atoms with Gasteiger partial charge in [-0.2, -0.15) is 5.26 Å². The van der Waals surface area contributed by atoms with Crippen LogP contribution in [0.2, 0.25) is 0 Å². The predicted octanol–water partition coefficient (Wildman–Crippen LogP) is -0.0752. The Bertz CT molecular complexity index is 360. The van der Waals surface area contributed by atoms with Gasteiger partial charge in [0.2, 0.25) is 5.91 Å². The predicted molar refractivity (Wildman–Crippen MR) is 42.2 cm³/mol. The van der Waals surface area contributed by atoms with Crippen LogP contribution in [0.15, 0.2) is 23.4 Å². The Morgan fingerprint density at radius 3 is 2.85 bits per heavy atom. The first kappa shape index (κ1) is 9.00. The zero-order valence-corrected chi connectivity index (χ0v) is 6.57. The quantitative estimate of drug-likeness (QED) is 0.434. The number of nitrogens with one attached hydrogen (secondary N) is 1. The second kappa shape index (κ2) is 3.54. The highest BCUT2D eigenvalue weighted by Crippen LogP contribution is 2.07. The molecule has 0 aliphatic carbocycles. The Hall–Kier alpha value is -2.09. The number of rotatable bonds is 1. The largest absolute Gasteiger partial charge is 0.477 e. The average molecular weight is 178 g/mol. The van der Waals surface area contributed by atoms with E-state index in [1.807, 2.05) is 0 Å².